The molecule has 3 atom stereocenters. The fourth-order valence-electron chi connectivity index (χ4n) is 6.47. The first-order chi connectivity index (χ1) is 18.2. The molecule has 1 fully saturated rings. The number of hydrogen-bond donors (Lipinski definition) is 1. The number of hydrogen-bond acceptors (Lipinski definition) is 2. The summed E-state index contributed by atoms with van der Waals surface area (Å²) >= 11 is 0. The molecule has 4 aromatic rings. The first kappa shape index (κ1) is 23.7. The van der Waals surface area contributed by atoms with Crippen molar-refractivity contribution in [1.82, 2.24) is 4.90 Å². The van der Waals surface area contributed by atoms with Gasteiger partial charge in [-0.2, -0.15) is 0 Å². The Morgan fingerprint density at radius 3 is 2.03 bits per heavy atom. The maximum absolute atomic E-state index is 13.9. The van der Waals surface area contributed by atoms with Crippen LogP contribution in [0.15, 0.2) is 109 Å². The molecule has 186 valence electrons. The first-order valence-electron chi connectivity index (χ1n) is 13.5. The van der Waals surface area contributed by atoms with Crippen LogP contribution in [0.3, 0.4) is 0 Å². The van der Waals surface area contributed by atoms with E-state index in [0.717, 1.165) is 25.7 Å². The molecular formula is C34H34N2O. The molecule has 3 unspecified atom stereocenters. The summed E-state index contributed by atoms with van der Waals surface area (Å²) in [5.74, 6) is 0.334. The summed E-state index contributed by atoms with van der Waals surface area (Å²) in [6.45, 7) is 0. The van der Waals surface area contributed by atoms with Crippen LogP contribution in [0.25, 0.3) is 11.1 Å². The zero-order valence-electron chi connectivity index (χ0n) is 21.2. The summed E-state index contributed by atoms with van der Waals surface area (Å²) in [5.41, 5.74) is 14.1. The van der Waals surface area contributed by atoms with Gasteiger partial charge in [-0.1, -0.05) is 103 Å². The Bertz CT molecular complexity index is 1310. The van der Waals surface area contributed by atoms with Crippen molar-refractivity contribution >= 4 is 5.91 Å². The standard InChI is InChI=1S/C34H34N2O/c35-32-22-28-20-19-27(24-11-4-1-5-12-24)21-31(28)33-18-10-17-29(36(33)34(32)37)23-30(25-13-6-2-7-14-25)26-15-8-3-9-16-26/h1-9,11-16,19-21,29-30,32-33H,10,17-18,22-23,35H2. The van der Waals surface area contributed by atoms with Crippen molar-refractivity contribution < 1.29 is 4.79 Å². The molecule has 4 aromatic carbocycles. The van der Waals surface area contributed by atoms with Gasteiger partial charge in [0.15, 0.2) is 0 Å². The number of benzene rings is 4. The molecule has 2 heterocycles. The maximum Gasteiger partial charge on any atom is 0.240 e. The molecule has 2 aliphatic heterocycles. The van der Waals surface area contributed by atoms with E-state index in [9.17, 15) is 4.79 Å². The second-order valence-electron chi connectivity index (χ2n) is 10.5. The van der Waals surface area contributed by atoms with Crippen LogP contribution in [0.5, 0.6) is 0 Å². The number of carbonyl (C=O) groups is 1. The van der Waals surface area contributed by atoms with Crippen LogP contribution in [-0.4, -0.2) is 22.9 Å². The predicted molar refractivity (Wildman–Crippen MR) is 150 cm³/mol. The molecule has 3 nitrogen and oxygen atoms in total. The lowest BCUT2D eigenvalue weighted by Crippen LogP contribution is -2.51. The third-order valence-electron chi connectivity index (χ3n) is 8.28. The lowest BCUT2D eigenvalue weighted by atomic mass is 9.81. The van der Waals surface area contributed by atoms with Crippen molar-refractivity contribution in [2.75, 3.05) is 0 Å². The largest absolute Gasteiger partial charge is 0.331 e. The Morgan fingerprint density at radius 1 is 0.757 bits per heavy atom. The number of carbonyl (C=O) groups excluding carboxylic acids is 1. The van der Waals surface area contributed by atoms with E-state index in [1.807, 2.05) is 6.07 Å². The van der Waals surface area contributed by atoms with E-state index in [1.54, 1.807) is 0 Å². The highest BCUT2D eigenvalue weighted by molar-refractivity contribution is 5.84. The monoisotopic (exact) mass is 486 g/mol. The van der Waals surface area contributed by atoms with Crippen molar-refractivity contribution in [3.63, 3.8) is 0 Å². The highest BCUT2D eigenvalue weighted by atomic mass is 16.2. The van der Waals surface area contributed by atoms with Crippen LogP contribution in [0, 0.1) is 0 Å². The van der Waals surface area contributed by atoms with Crippen LogP contribution < -0.4 is 5.73 Å². The summed E-state index contributed by atoms with van der Waals surface area (Å²) < 4.78 is 0. The van der Waals surface area contributed by atoms with Crippen molar-refractivity contribution in [3.05, 3.63) is 131 Å². The minimum atomic E-state index is -0.501. The summed E-state index contributed by atoms with van der Waals surface area (Å²) in [6.07, 6.45) is 4.61. The van der Waals surface area contributed by atoms with E-state index >= 15 is 0 Å². The van der Waals surface area contributed by atoms with E-state index < -0.39 is 6.04 Å². The Kier molecular flexibility index (Phi) is 6.63. The molecule has 0 aromatic heterocycles. The molecule has 1 amide bonds. The van der Waals surface area contributed by atoms with Gasteiger partial charge in [-0.25, -0.2) is 0 Å². The summed E-state index contributed by atoms with van der Waals surface area (Å²) in [6, 6.07) is 38.4. The van der Waals surface area contributed by atoms with E-state index in [1.165, 1.54) is 33.4 Å². The van der Waals surface area contributed by atoms with Gasteiger partial charge in [-0.3, -0.25) is 4.79 Å². The minimum absolute atomic E-state index is 0.0747. The van der Waals surface area contributed by atoms with Crippen molar-refractivity contribution in [2.45, 2.75) is 56.1 Å². The molecule has 6 rings (SSSR count). The molecule has 0 spiro atoms. The number of fused-ring (bicyclic) bond motifs is 3. The van der Waals surface area contributed by atoms with Crippen molar-refractivity contribution in [2.24, 2.45) is 5.73 Å². The smallest absolute Gasteiger partial charge is 0.240 e. The van der Waals surface area contributed by atoms with Gasteiger partial charge < -0.3 is 10.6 Å². The van der Waals surface area contributed by atoms with Crippen molar-refractivity contribution in [1.29, 1.82) is 0 Å². The maximum atomic E-state index is 13.9. The molecule has 0 bridgehead atoms. The molecule has 2 aliphatic rings. The van der Waals surface area contributed by atoms with Gasteiger partial charge in [-0.15, -0.1) is 0 Å². The van der Waals surface area contributed by atoms with Gasteiger partial charge in [0.2, 0.25) is 5.91 Å². The summed E-state index contributed by atoms with van der Waals surface area (Å²) in [7, 11) is 0. The third-order valence-corrected chi connectivity index (χ3v) is 8.28. The molecule has 3 heteroatoms. The number of nitrogens with two attached hydrogens (primary N) is 1. The number of piperidine rings is 1. The topological polar surface area (TPSA) is 46.3 Å². The molecule has 1 saturated heterocycles. The van der Waals surface area contributed by atoms with Gasteiger partial charge >= 0.3 is 0 Å². The van der Waals surface area contributed by atoms with Crippen LogP contribution in [0.4, 0.5) is 0 Å². The average Bonchev–Trinajstić information content (AvgIpc) is 3.07. The van der Waals surface area contributed by atoms with Gasteiger partial charge in [0.25, 0.3) is 0 Å². The lowest BCUT2D eigenvalue weighted by Gasteiger charge is -2.44. The van der Waals surface area contributed by atoms with Gasteiger partial charge in [-0.05, 0) is 71.6 Å². The molecule has 0 saturated carbocycles. The third kappa shape index (κ3) is 4.72. The van der Waals surface area contributed by atoms with Crippen LogP contribution in [0.1, 0.15) is 59.9 Å². The number of rotatable bonds is 5. The second kappa shape index (κ2) is 10.4. The van der Waals surface area contributed by atoms with E-state index in [-0.39, 0.29) is 23.9 Å². The summed E-state index contributed by atoms with van der Waals surface area (Å²) in [4.78, 5) is 16.1. The predicted octanol–water partition coefficient (Wildman–Crippen LogP) is 6.88. The quantitative estimate of drug-likeness (QED) is 0.334. The van der Waals surface area contributed by atoms with Crippen molar-refractivity contribution in [3.8, 4) is 11.1 Å². The number of nitrogens with zero attached hydrogens (tertiary/aromatic N) is 1. The molecule has 0 radical (unpaired) electrons. The number of amides is 1. The zero-order chi connectivity index (χ0) is 25.2. The Balaban J connectivity index is 1.39. The zero-order valence-corrected chi connectivity index (χ0v) is 21.2. The van der Waals surface area contributed by atoms with Crippen LogP contribution in [-0.2, 0) is 11.2 Å². The molecule has 0 aliphatic carbocycles. The SMILES string of the molecule is NC1Cc2ccc(-c3ccccc3)cc2C2CCCC(CC(c3ccccc3)c3ccccc3)N2C1=O. The fourth-order valence-corrected chi connectivity index (χ4v) is 6.47. The van der Waals surface area contributed by atoms with Gasteiger partial charge in [0.1, 0.15) is 0 Å². The lowest BCUT2D eigenvalue weighted by molar-refractivity contribution is -0.139. The Morgan fingerprint density at radius 2 is 1.38 bits per heavy atom. The van der Waals surface area contributed by atoms with E-state index in [0.29, 0.717) is 6.42 Å². The van der Waals surface area contributed by atoms with Gasteiger partial charge in [0.05, 0.1) is 12.1 Å². The Hall–Kier alpha value is -3.69. The summed E-state index contributed by atoms with van der Waals surface area (Å²) in [5, 5.41) is 0. The molecular weight excluding hydrogens is 452 g/mol. The van der Waals surface area contributed by atoms with Crippen LogP contribution >= 0.6 is 0 Å². The highest BCUT2D eigenvalue weighted by Crippen LogP contribution is 2.43. The normalized spacial score (nSPS) is 21.3. The first-order valence-corrected chi connectivity index (χ1v) is 13.5. The fraction of sp³-hybridized carbons (Fsp3) is 0.265. The van der Waals surface area contributed by atoms with Gasteiger partial charge in [0, 0.05) is 12.0 Å². The Labute approximate surface area is 220 Å². The van der Waals surface area contributed by atoms with E-state index in [4.69, 9.17) is 5.73 Å². The second-order valence-corrected chi connectivity index (χ2v) is 10.5. The highest BCUT2D eigenvalue weighted by Gasteiger charge is 2.41. The molecule has 37 heavy (non-hydrogen) atoms. The average molecular weight is 487 g/mol. The van der Waals surface area contributed by atoms with E-state index in [2.05, 4.69) is 108 Å². The van der Waals surface area contributed by atoms with Crippen LogP contribution in [0.2, 0.25) is 0 Å². The molecule has 2 N–H and O–H groups in total. The minimum Gasteiger partial charge on any atom is -0.331 e.